The number of oxime groups is 1. The molecule has 1 atom stereocenters. The van der Waals surface area contributed by atoms with Gasteiger partial charge >= 0.3 is 5.97 Å². The molecule has 1 aliphatic rings. The number of hydrogen-bond donors (Lipinski definition) is 1. The second-order valence-electron chi connectivity index (χ2n) is 4.45. The van der Waals surface area contributed by atoms with Gasteiger partial charge in [0.1, 0.15) is 0 Å². The Morgan fingerprint density at radius 1 is 1.41 bits per heavy atom. The lowest BCUT2D eigenvalue weighted by atomic mass is 9.99. The van der Waals surface area contributed by atoms with Crippen LogP contribution in [-0.4, -0.2) is 22.9 Å². The Labute approximate surface area is 99.9 Å². The molecule has 1 unspecified atom stereocenters. The average molecular weight is 233 g/mol. The van der Waals surface area contributed by atoms with E-state index in [1.807, 2.05) is 24.3 Å². The smallest absolute Gasteiger partial charge is 0.348 e. The van der Waals surface area contributed by atoms with E-state index in [4.69, 9.17) is 9.94 Å². The van der Waals surface area contributed by atoms with E-state index in [1.165, 1.54) is 5.56 Å². The van der Waals surface area contributed by atoms with Crippen LogP contribution in [0.2, 0.25) is 0 Å². The summed E-state index contributed by atoms with van der Waals surface area (Å²) in [6.45, 7) is 4.26. The van der Waals surface area contributed by atoms with E-state index in [0.29, 0.717) is 18.1 Å². The van der Waals surface area contributed by atoms with Crippen LogP contribution >= 0.6 is 0 Å². The van der Waals surface area contributed by atoms with Crippen molar-refractivity contribution >= 4 is 11.7 Å². The molecule has 0 aromatic heterocycles. The molecule has 0 saturated carbocycles. The van der Waals surface area contributed by atoms with Crippen LogP contribution < -0.4 is 0 Å². The Kier molecular flexibility index (Phi) is 3.13. The van der Waals surface area contributed by atoms with Crippen molar-refractivity contribution in [2.75, 3.05) is 0 Å². The van der Waals surface area contributed by atoms with E-state index in [0.717, 1.165) is 5.56 Å². The lowest BCUT2D eigenvalue weighted by Gasteiger charge is -2.06. The minimum Gasteiger partial charge on any atom is -0.478 e. The van der Waals surface area contributed by atoms with Crippen molar-refractivity contribution in [3.63, 3.8) is 0 Å². The molecular weight excluding hydrogens is 218 g/mol. The van der Waals surface area contributed by atoms with E-state index in [-0.39, 0.29) is 0 Å². The van der Waals surface area contributed by atoms with Crippen LogP contribution in [0, 0.1) is 0 Å². The second-order valence-corrected chi connectivity index (χ2v) is 4.45. The van der Waals surface area contributed by atoms with Gasteiger partial charge in [-0.05, 0) is 17.0 Å². The van der Waals surface area contributed by atoms with Crippen LogP contribution in [0.25, 0.3) is 0 Å². The fourth-order valence-corrected chi connectivity index (χ4v) is 1.74. The van der Waals surface area contributed by atoms with Crippen molar-refractivity contribution in [2.45, 2.75) is 32.3 Å². The molecule has 90 valence electrons. The van der Waals surface area contributed by atoms with Gasteiger partial charge in [0.2, 0.25) is 6.10 Å². The highest BCUT2D eigenvalue weighted by Gasteiger charge is 2.28. The first kappa shape index (κ1) is 11.6. The zero-order valence-corrected chi connectivity index (χ0v) is 9.88. The first-order valence-corrected chi connectivity index (χ1v) is 5.63. The SMILES string of the molecule is CC(C)c1ccc(C2=NOC(C(=O)O)C2)cc1. The predicted molar refractivity (Wildman–Crippen MR) is 64.2 cm³/mol. The number of benzene rings is 1. The van der Waals surface area contributed by atoms with Crippen molar-refractivity contribution < 1.29 is 14.7 Å². The van der Waals surface area contributed by atoms with Gasteiger partial charge in [-0.2, -0.15) is 0 Å². The minimum atomic E-state index is -0.970. The van der Waals surface area contributed by atoms with Crippen LogP contribution in [0.3, 0.4) is 0 Å². The molecule has 2 rings (SSSR count). The quantitative estimate of drug-likeness (QED) is 0.872. The Morgan fingerprint density at radius 3 is 2.53 bits per heavy atom. The summed E-state index contributed by atoms with van der Waals surface area (Å²) in [5, 5.41) is 12.6. The second kappa shape index (κ2) is 4.57. The van der Waals surface area contributed by atoms with Gasteiger partial charge in [-0.1, -0.05) is 43.3 Å². The van der Waals surface area contributed by atoms with Gasteiger partial charge < -0.3 is 9.94 Å². The van der Waals surface area contributed by atoms with Crippen LogP contribution in [0.1, 0.15) is 37.3 Å². The third-order valence-corrected chi connectivity index (χ3v) is 2.85. The molecule has 0 aliphatic carbocycles. The van der Waals surface area contributed by atoms with Crippen molar-refractivity contribution in [3.8, 4) is 0 Å². The molecule has 1 aromatic rings. The molecule has 4 nitrogen and oxygen atoms in total. The predicted octanol–water partition coefficient (Wildman–Crippen LogP) is 2.39. The summed E-state index contributed by atoms with van der Waals surface area (Å²) in [6.07, 6.45) is -0.508. The Bertz CT molecular complexity index is 448. The molecule has 1 aromatic carbocycles. The maximum atomic E-state index is 10.7. The molecule has 0 spiro atoms. The highest BCUT2D eigenvalue weighted by Crippen LogP contribution is 2.19. The number of carboxylic acids is 1. The Balaban J connectivity index is 2.12. The number of carboxylic acid groups (broad SMARTS) is 1. The van der Waals surface area contributed by atoms with Crippen LogP contribution in [0.5, 0.6) is 0 Å². The molecule has 0 fully saturated rings. The zero-order valence-electron chi connectivity index (χ0n) is 9.88. The molecule has 17 heavy (non-hydrogen) atoms. The van der Waals surface area contributed by atoms with E-state index in [2.05, 4.69) is 19.0 Å². The fourth-order valence-electron chi connectivity index (χ4n) is 1.74. The summed E-state index contributed by atoms with van der Waals surface area (Å²) in [7, 11) is 0. The molecule has 1 heterocycles. The molecule has 1 aliphatic heterocycles. The number of aliphatic carboxylic acids is 1. The lowest BCUT2D eigenvalue weighted by molar-refractivity contribution is -0.148. The number of carbonyl (C=O) groups is 1. The van der Waals surface area contributed by atoms with Gasteiger partial charge in [0.05, 0.1) is 5.71 Å². The standard InChI is InChI=1S/C13H15NO3/c1-8(2)9-3-5-10(6-4-9)11-7-12(13(15)16)17-14-11/h3-6,8,12H,7H2,1-2H3,(H,15,16). The summed E-state index contributed by atoms with van der Waals surface area (Å²) < 4.78 is 0. The van der Waals surface area contributed by atoms with Crippen LogP contribution in [0.15, 0.2) is 29.4 Å². The normalized spacial score (nSPS) is 19.0. The van der Waals surface area contributed by atoms with Crippen molar-refractivity contribution in [2.24, 2.45) is 5.16 Å². The van der Waals surface area contributed by atoms with Gasteiger partial charge in [0.15, 0.2) is 0 Å². The molecule has 4 heteroatoms. The third-order valence-electron chi connectivity index (χ3n) is 2.85. The maximum absolute atomic E-state index is 10.7. The largest absolute Gasteiger partial charge is 0.478 e. The van der Waals surface area contributed by atoms with E-state index in [1.54, 1.807) is 0 Å². The van der Waals surface area contributed by atoms with Crippen molar-refractivity contribution in [1.82, 2.24) is 0 Å². The zero-order chi connectivity index (χ0) is 12.4. The molecule has 1 N–H and O–H groups in total. The van der Waals surface area contributed by atoms with Crippen LogP contribution in [-0.2, 0) is 9.63 Å². The topological polar surface area (TPSA) is 58.9 Å². The molecule has 0 bridgehead atoms. The first-order chi connectivity index (χ1) is 8.08. The monoisotopic (exact) mass is 233 g/mol. The first-order valence-electron chi connectivity index (χ1n) is 5.63. The maximum Gasteiger partial charge on any atom is 0.348 e. The van der Waals surface area contributed by atoms with Gasteiger partial charge in [-0.3, -0.25) is 0 Å². The summed E-state index contributed by atoms with van der Waals surface area (Å²) in [6, 6.07) is 8.00. The van der Waals surface area contributed by atoms with Crippen molar-refractivity contribution in [3.05, 3.63) is 35.4 Å². The van der Waals surface area contributed by atoms with Gasteiger partial charge in [-0.15, -0.1) is 0 Å². The Morgan fingerprint density at radius 2 is 2.06 bits per heavy atom. The average Bonchev–Trinajstić information content (AvgIpc) is 2.78. The van der Waals surface area contributed by atoms with Crippen molar-refractivity contribution in [1.29, 1.82) is 0 Å². The highest BCUT2D eigenvalue weighted by molar-refractivity contribution is 6.03. The minimum absolute atomic E-state index is 0.330. The highest BCUT2D eigenvalue weighted by atomic mass is 16.7. The molecule has 0 radical (unpaired) electrons. The van der Waals surface area contributed by atoms with E-state index < -0.39 is 12.1 Å². The summed E-state index contributed by atoms with van der Waals surface area (Å²) >= 11 is 0. The number of hydrogen-bond acceptors (Lipinski definition) is 3. The van der Waals surface area contributed by atoms with E-state index >= 15 is 0 Å². The fraction of sp³-hybridized carbons (Fsp3) is 0.385. The van der Waals surface area contributed by atoms with Crippen LogP contribution in [0.4, 0.5) is 0 Å². The summed E-state index contributed by atoms with van der Waals surface area (Å²) in [4.78, 5) is 15.6. The number of rotatable bonds is 3. The lowest BCUT2D eigenvalue weighted by Crippen LogP contribution is -2.19. The van der Waals surface area contributed by atoms with Gasteiger partial charge in [-0.25, -0.2) is 4.79 Å². The molecular formula is C13H15NO3. The van der Waals surface area contributed by atoms with Gasteiger partial charge in [0, 0.05) is 6.42 Å². The number of nitrogens with zero attached hydrogens (tertiary/aromatic N) is 1. The summed E-state index contributed by atoms with van der Waals surface area (Å²) in [5.74, 6) is -0.486. The van der Waals surface area contributed by atoms with Gasteiger partial charge in [0.25, 0.3) is 0 Å². The molecule has 0 saturated heterocycles. The van der Waals surface area contributed by atoms with E-state index in [9.17, 15) is 4.79 Å². The molecule has 0 amide bonds. The Hall–Kier alpha value is -1.84. The third kappa shape index (κ3) is 2.46. The summed E-state index contributed by atoms with van der Waals surface area (Å²) in [5.41, 5.74) is 2.88.